The maximum atomic E-state index is 2.52. The fourth-order valence-corrected chi connectivity index (χ4v) is 5.11. The Morgan fingerprint density at radius 2 is 1.10 bits per heavy atom. The molecule has 0 amide bonds. The Bertz CT molecular complexity index is 1210. The minimum absolute atomic E-state index is 0.0431. The van der Waals surface area contributed by atoms with Crippen molar-refractivity contribution in [2.75, 3.05) is 9.62 Å². The van der Waals surface area contributed by atoms with Crippen molar-refractivity contribution in [1.82, 2.24) is 0 Å². The zero-order valence-corrected chi connectivity index (χ0v) is 18.6. The van der Waals surface area contributed by atoms with Crippen LogP contribution in [0.5, 0.6) is 0 Å². The number of nitrogens with zero attached hydrogens (tertiary/aromatic N) is 2. The van der Waals surface area contributed by atoms with Gasteiger partial charge in [0.1, 0.15) is 0 Å². The number of hydrogen-bond donors (Lipinski definition) is 0. The Kier molecular flexibility index (Phi) is 4.82. The van der Waals surface area contributed by atoms with Crippen LogP contribution in [-0.2, 0) is 0 Å². The van der Waals surface area contributed by atoms with Gasteiger partial charge < -0.3 is 9.62 Å². The summed E-state index contributed by atoms with van der Waals surface area (Å²) >= 11 is 0. The van der Waals surface area contributed by atoms with Crippen LogP contribution < -0.4 is 15.1 Å². The van der Waals surface area contributed by atoms with Crippen molar-refractivity contribution in [2.45, 2.75) is 27.7 Å². The largest absolute Gasteiger partial charge is 0.421 e. The van der Waals surface area contributed by atoms with Crippen LogP contribution in [0, 0.1) is 27.7 Å². The molecule has 0 spiro atoms. The number of rotatable bonds is 3. The lowest BCUT2D eigenvalue weighted by Gasteiger charge is -2.32. The highest BCUT2D eigenvalue weighted by Gasteiger charge is 2.45. The van der Waals surface area contributed by atoms with E-state index in [4.69, 9.17) is 0 Å². The highest BCUT2D eigenvalue weighted by molar-refractivity contribution is 6.85. The van der Waals surface area contributed by atoms with Crippen molar-refractivity contribution in [3.8, 4) is 0 Å². The molecule has 0 aromatic heterocycles. The molecule has 0 saturated heterocycles. The predicted octanol–water partition coefficient (Wildman–Crippen LogP) is 6.61. The number of benzene rings is 4. The van der Waals surface area contributed by atoms with Gasteiger partial charge in [-0.1, -0.05) is 77.4 Å². The van der Waals surface area contributed by atoms with Crippen molar-refractivity contribution >= 4 is 35.2 Å². The van der Waals surface area contributed by atoms with Gasteiger partial charge in [0.2, 0.25) is 0 Å². The Labute approximate surface area is 185 Å². The normalized spacial score (nSPS) is 13.0. The van der Waals surface area contributed by atoms with E-state index >= 15 is 0 Å². The summed E-state index contributed by atoms with van der Waals surface area (Å²) in [6.45, 7) is 8.94. The molecule has 1 heterocycles. The monoisotopic (exact) mass is 402 g/mol. The number of hydrogen-bond acceptors (Lipinski definition) is 2. The first kappa shape index (κ1) is 19.5. The van der Waals surface area contributed by atoms with Gasteiger partial charge in [-0.3, -0.25) is 0 Å². The summed E-state index contributed by atoms with van der Waals surface area (Å²) in [6, 6.07) is 32.8. The molecule has 0 N–H and O–H groups in total. The third-order valence-electron chi connectivity index (χ3n) is 6.27. The molecule has 1 aliphatic rings. The Morgan fingerprint density at radius 3 is 1.68 bits per heavy atom. The second-order valence-electron chi connectivity index (χ2n) is 8.54. The standard InChI is InChI=1S/C28H27BN2/c1-20-18-22(3)27(23(4)19-20)29-30(24-13-7-5-8-14-24)26-17-11-12-21(2)28(26)31(29)25-15-9-6-10-16-25/h5-19H,1-4H3. The van der Waals surface area contributed by atoms with Crippen LogP contribution in [0.1, 0.15) is 22.3 Å². The average Bonchev–Trinajstić information content (AvgIpc) is 3.10. The molecular formula is C28H27BN2. The van der Waals surface area contributed by atoms with Gasteiger partial charge in [0.25, 0.3) is 0 Å². The molecule has 5 rings (SSSR count). The summed E-state index contributed by atoms with van der Waals surface area (Å²) in [7, 11) is 0. The minimum atomic E-state index is 0.0431. The van der Waals surface area contributed by atoms with Gasteiger partial charge in [-0.2, -0.15) is 0 Å². The van der Waals surface area contributed by atoms with E-state index in [0.717, 1.165) is 0 Å². The lowest BCUT2D eigenvalue weighted by molar-refractivity contribution is 1.32. The molecule has 0 radical (unpaired) electrons. The zero-order chi connectivity index (χ0) is 21.5. The maximum Gasteiger partial charge on any atom is 0.421 e. The zero-order valence-electron chi connectivity index (χ0n) is 18.6. The Morgan fingerprint density at radius 1 is 0.548 bits per heavy atom. The quantitative estimate of drug-likeness (QED) is 0.356. The minimum Gasteiger partial charge on any atom is -0.360 e. The molecule has 0 saturated carbocycles. The molecule has 0 atom stereocenters. The van der Waals surface area contributed by atoms with E-state index in [1.165, 1.54) is 50.5 Å². The summed E-state index contributed by atoms with van der Waals surface area (Å²) in [5, 5.41) is 0. The molecule has 0 aliphatic carbocycles. The molecule has 4 aromatic carbocycles. The van der Waals surface area contributed by atoms with Crippen molar-refractivity contribution in [3.63, 3.8) is 0 Å². The molecule has 0 bridgehead atoms. The molecule has 31 heavy (non-hydrogen) atoms. The summed E-state index contributed by atoms with van der Waals surface area (Å²) < 4.78 is 0. The van der Waals surface area contributed by atoms with E-state index in [1.54, 1.807) is 0 Å². The first-order valence-corrected chi connectivity index (χ1v) is 10.9. The van der Waals surface area contributed by atoms with Crippen LogP contribution in [0.2, 0.25) is 0 Å². The predicted molar refractivity (Wildman–Crippen MR) is 134 cm³/mol. The van der Waals surface area contributed by atoms with Gasteiger partial charge >= 0.3 is 6.98 Å². The number of fused-ring (bicyclic) bond motifs is 1. The summed E-state index contributed by atoms with van der Waals surface area (Å²) in [5.41, 5.74) is 11.6. The van der Waals surface area contributed by atoms with Crippen LogP contribution in [-0.4, -0.2) is 6.98 Å². The Balaban J connectivity index is 1.85. The lowest BCUT2D eigenvalue weighted by atomic mass is 9.61. The van der Waals surface area contributed by atoms with E-state index in [-0.39, 0.29) is 6.98 Å². The second kappa shape index (κ2) is 7.66. The van der Waals surface area contributed by atoms with E-state index < -0.39 is 0 Å². The number of aryl methyl sites for hydroxylation is 4. The fourth-order valence-electron chi connectivity index (χ4n) is 5.11. The number of anilines is 4. The molecule has 2 nitrogen and oxygen atoms in total. The van der Waals surface area contributed by atoms with Gasteiger partial charge in [-0.25, -0.2) is 0 Å². The molecule has 0 fully saturated rings. The van der Waals surface area contributed by atoms with Crippen molar-refractivity contribution in [2.24, 2.45) is 0 Å². The van der Waals surface area contributed by atoms with E-state index in [2.05, 4.69) is 128 Å². The smallest absolute Gasteiger partial charge is 0.360 e. The van der Waals surface area contributed by atoms with E-state index in [1.807, 2.05) is 0 Å². The second-order valence-corrected chi connectivity index (χ2v) is 8.54. The number of para-hydroxylation sites is 3. The third kappa shape index (κ3) is 3.21. The van der Waals surface area contributed by atoms with E-state index in [0.29, 0.717) is 0 Å². The van der Waals surface area contributed by atoms with Gasteiger partial charge in [0, 0.05) is 11.4 Å². The van der Waals surface area contributed by atoms with E-state index in [9.17, 15) is 0 Å². The van der Waals surface area contributed by atoms with Crippen molar-refractivity contribution in [1.29, 1.82) is 0 Å². The molecular weight excluding hydrogens is 375 g/mol. The van der Waals surface area contributed by atoms with Crippen LogP contribution in [0.4, 0.5) is 22.7 Å². The topological polar surface area (TPSA) is 6.48 Å². The summed E-state index contributed by atoms with van der Waals surface area (Å²) in [6.07, 6.45) is 0. The van der Waals surface area contributed by atoms with Crippen LogP contribution in [0.15, 0.2) is 91.0 Å². The third-order valence-corrected chi connectivity index (χ3v) is 6.27. The molecule has 152 valence electrons. The van der Waals surface area contributed by atoms with Gasteiger partial charge in [-0.15, -0.1) is 0 Å². The summed E-state index contributed by atoms with van der Waals surface area (Å²) in [5.74, 6) is 0. The first-order chi connectivity index (χ1) is 15.1. The average molecular weight is 402 g/mol. The summed E-state index contributed by atoms with van der Waals surface area (Å²) in [4.78, 5) is 5.02. The Hall–Kier alpha value is -3.46. The van der Waals surface area contributed by atoms with Crippen LogP contribution in [0.3, 0.4) is 0 Å². The maximum absolute atomic E-state index is 2.52. The van der Waals surface area contributed by atoms with Crippen molar-refractivity contribution < 1.29 is 0 Å². The highest BCUT2D eigenvalue weighted by Crippen LogP contribution is 2.47. The van der Waals surface area contributed by atoms with Crippen LogP contribution >= 0.6 is 0 Å². The fraction of sp³-hybridized carbons (Fsp3) is 0.143. The van der Waals surface area contributed by atoms with Gasteiger partial charge in [0.15, 0.2) is 0 Å². The van der Waals surface area contributed by atoms with Gasteiger partial charge in [0.05, 0.1) is 11.4 Å². The first-order valence-electron chi connectivity index (χ1n) is 10.9. The van der Waals surface area contributed by atoms with Gasteiger partial charge in [-0.05, 0) is 69.1 Å². The van der Waals surface area contributed by atoms with Crippen molar-refractivity contribution in [3.05, 3.63) is 113 Å². The molecule has 0 unspecified atom stereocenters. The molecule has 3 heteroatoms. The molecule has 4 aromatic rings. The highest BCUT2D eigenvalue weighted by atomic mass is 15.3. The SMILES string of the molecule is Cc1cc(C)c(B2N(c3ccccc3)c3cccc(C)c3N2c2ccccc2)c(C)c1. The lowest BCUT2D eigenvalue weighted by Crippen LogP contribution is -2.55. The van der Waals surface area contributed by atoms with Crippen LogP contribution in [0.25, 0.3) is 0 Å². The molecule has 1 aliphatic heterocycles.